The van der Waals surface area contributed by atoms with Gasteiger partial charge in [-0.15, -0.1) is 21.5 Å². The van der Waals surface area contributed by atoms with E-state index < -0.39 is 17.9 Å². The highest BCUT2D eigenvalue weighted by molar-refractivity contribution is 7.13. The van der Waals surface area contributed by atoms with Crippen LogP contribution in [0.3, 0.4) is 0 Å². The van der Waals surface area contributed by atoms with Crippen LogP contribution in [0.1, 0.15) is 29.3 Å². The van der Waals surface area contributed by atoms with Crippen LogP contribution in [0.2, 0.25) is 0 Å². The minimum Gasteiger partial charge on any atom is -0.449 e. The summed E-state index contributed by atoms with van der Waals surface area (Å²) < 4.78 is 24.2. The van der Waals surface area contributed by atoms with Crippen molar-refractivity contribution < 1.29 is 18.3 Å². The third-order valence-corrected chi connectivity index (χ3v) is 3.76. The Morgan fingerprint density at radius 1 is 1.27 bits per heavy atom. The molecule has 22 heavy (non-hydrogen) atoms. The third kappa shape index (κ3) is 2.89. The lowest BCUT2D eigenvalue weighted by atomic mass is 10.2. The lowest BCUT2D eigenvalue weighted by molar-refractivity contribution is 0.0274. The number of halogens is 1. The largest absolute Gasteiger partial charge is 0.449 e. The summed E-state index contributed by atoms with van der Waals surface area (Å²) in [7, 11) is 0. The van der Waals surface area contributed by atoms with Crippen molar-refractivity contribution in [2.75, 3.05) is 0 Å². The Bertz CT molecular complexity index is 786. The zero-order valence-corrected chi connectivity index (χ0v) is 12.3. The summed E-state index contributed by atoms with van der Waals surface area (Å²) >= 11 is 1.46. The Morgan fingerprint density at radius 3 is 2.82 bits per heavy atom. The number of aromatic nitrogens is 2. The third-order valence-electron chi connectivity index (χ3n) is 2.90. The molecule has 0 aliphatic heterocycles. The Labute approximate surface area is 129 Å². The van der Waals surface area contributed by atoms with Crippen LogP contribution >= 0.6 is 11.3 Å². The molecule has 0 amide bonds. The first-order chi connectivity index (χ1) is 10.6. The molecule has 0 saturated heterocycles. The van der Waals surface area contributed by atoms with Gasteiger partial charge in [0.05, 0.1) is 10.4 Å². The van der Waals surface area contributed by atoms with Crippen molar-refractivity contribution in [1.82, 2.24) is 10.2 Å². The standard InChI is InChI=1S/C15H11FN2O3S/c1-9(20-15(19)10-5-2-3-6-11(10)16)13-17-18-14(21-13)12-7-4-8-22-12/h2-9H,1H3/t9-/m0/s1. The number of ether oxygens (including phenoxy) is 1. The Morgan fingerprint density at radius 2 is 2.09 bits per heavy atom. The van der Waals surface area contributed by atoms with Crippen molar-refractivity contribution in [2.45, 2.75) is 13.0 Å². The zero-order chi connectivity index (χ0) is 15.5. The molecule has 3 rings (SSSR count). The second kappa shape index (κ2) is 6.07. The van der Waals surface area contributed by atoms with E-state index in [1.165, 1.54) is 29.5 Å². The molecule has 2 aromatic heterocycles. The van der Waals surface area contributed by atoms with E-state index in [1.54, 1.807) is 13.0 Å². The van der Waals surface area contributed by atoms with E-state index in [9.17, 15) is 9.18 Å². The summed E-state index contributed by atoms with van der Waals surface area (Å²) in [5.41, 5.74) is -0.132. The predicted molar refractivity (Wildman–Crippen MR) is 77.8 cm³/mol. The van der Waals surface area contributed by atoms with Crippen LogP contribution in [0.25, 0.3) is 10.8 Å². The molecule has 7 heteroatoms. The first-order valence-electron chi connectivity index (χ1n) is 6.48. The van der Waals surface area contributed by atoms with E-state index in [0.717, 1.165) is 4.88 Å². The van der Waals surface area contributed by atoms with E-state index >= 15 is 0 Å². The molecule has 0 spiro atoms. The van der Waals surface area contributed by atoms with Gasteiger partial charge in [-0.25, -0.2) is 9.18 Å². The van der Waals surface area contributed by atoms with E-state index in [1.807, 2.05) is 17.5 Å². The minimum absolute atomic E-state index is 0.132. The highest BCUT2D eigenvalue weighted by atomic mass is 32.1. The number of esters is 1. The van der Waals surface area contributed by atoms with E-state index in [2.05, 4.69) is 10.2 Å². The van der Waals surface area contributed by atoms with Crippen LogP contribution in [-0.2, 0) is 4.74 Å². The van der Waals surface area contributed by atoms with Gasteiger partial charge in [0.2, 0.25) is 0 Å². The van der Waals surface area contributed by atoms with Crippen molar-refractivity contribution in [3.05, 3.63) is 59.0 Å². The smallest absolute Gasteiger partial charge is 0.341 e. The first-order valence-corrected chi connectivity index (χ1v) is 7.36. The number of hydrogen-bond acceptors (Lipinski definition) is 6. The zero-order valence-electron chi connectivity index (χ0n) is 11.5. The normalized spacial score (nSPS) is 12.1. The average Bonchev–Trinajstić information content (AvgIpc) is 3.18. The van der Waals surface area contributed by atoms with Crippen molar-refractivity contribution in [2.24, 2.45) is 0 Å². The van der Waals surface area contributed by atoms with Gasteiger partial charge in [0, 0.05) is 0 Å². The Kier molecular flexibility index (Phi) is 3.97. The predicted octanol–water partition coefficient (Wildman–Crippen LogP) is 3.86. The maximum atomic E-state index is 13.5. The van der Waals surface area contributed by atoms with Crippen LogP contribution < -0.4 is 0 Å². The number of carbonyl (C=O) groups is 1. The molecular weight excluding hydrogens is 307 g/mol. The second-order valence-electron chi connectivity index (χ2n) is 4.45. The Hall–Kier alpha value is -2.54. The van der Waals surface area contributed by atoms with Crippen molar-refractivity contribution >= 4 is 17.3 Å². The number of nitrogens with zero attached hydrogens (tertiary/aromatic N) is 2. The molecule has 1 atom stereocenters. The highest BCUT2D eigenvalue weighted by Crippen LogP contribution is 2.26. The van der Waals surface area contributed by atoms with Gasteiger partial charge in [0.25, 0.3) is 11.8 Å². The molecule has 3 aromatic rings. The summed E-state index contributed by atoms with van der Waals surface area (Å²) in [6, 6.07) is 9.33. The summed E-state index contributed by atoms with van der Waals surface area (Å²) in [4.78, 5) is 12.8. The average molecular weight is 318 g/mol. The van der Waals surface area contributed by atoms with Gasteiger partial charge in [-0.05, 0) is 30.5 Å². The van der Waals surface area contributed by atoms with Crippen LogP contribution in [0.4, 0.5) is 4.39 Å². The molecular formula is C15H11FN2O3S. The topological polar surface area (TPSA) is 65.2 Å². The van der Waals surface area contributed by atoms with Crippen molar-refractivity contribution in [1.29, 1.82) is 0 Å². The van der Waals surface area contributed by atoms with Gasteiger partial charge in [0.1, 0.15) is 5.82 Å². The molecule has 0 fully saturated rings. The van der Waals surface area contributed by atoms with Gasteiger partial charge in [-0.1, -0.05) is 18.2 Å². The maximum absolute atomic E-state index is 13.5. The maximum Gasteiger partial charge on any atom is 0.341 e. The van der Waals surface area contributed by atoms with Crippen LogP contribution in [0, 0.1) is 5.82 Å². The van der Waals surface area contributed by atoms with Crippen LogP contribution in [0.15, 0.2) is 46.2 Å². The summed E-state index contributed by atoms with van der Waals surface area (Å²) in [5.74, 6) is -0.891. The molecule has 0 saturated carbocycles. The molecule has 1 aromatic carbocycles. The fourth-order valence-corrected chi connectivity index (χ4v) is 2.44. The number of benzene rings is 1. The molecule has 0 bridgehead atoms. The van der Waals surface area contributed by atoms with E-state index in [4.69, 9.17) is 9.15 Å². The van der Waals surface area contributed by atoms with Crippen molar-refractivity contribution in [3.63, 3.8) is 0 Å². The SMILES string of the molecule is C[C@H](OC(=O)c1ccccc1F)c1nnc(-c2cccs2)o1. The Balaban J connectivity index is 1.74. The van der Waals surface area contributed by atoms with Gasteiger partial charge in [-0.3, -0.25) is 0 Å². The molecule has 0 aliphatic carbocycles. The summed E-state index contributed by atoms with van der Waals surface area (Å²) in [6.07, 6.45) is -0.770. The summed E-state index contributed by atoms with van der Waals surface area (Å²) in [5, 5.41) is 9.66. The van der Waals surface area contributed by atoms with Crippen molar-refractivity contribution in [3.8, 4) is 10.8 Å². The molecule has 2 heterocycles. The number of hydrogen-bond donors (Lipinski definition) is 0. The molecule has 0 N–H and O–H groups in total. The van der Waals surface area contributed by atoms with E-state index in [-0.39, 0.29) is 11.5 Å². The lowest BCUT2D eigenvalue weighted by Gasteiger charge is -2.09. The first kappa shape index (κ1) is 14.4. The van der Waals surface area contributed by atoms with E-state index in [0.29, 0.717) is 5.89 Å². The molecule has 0 aliphatic rings. The highest BCUT2D eigenvalue weighted by Gasteiger charge is 2.21. The number of thiophene rings is 1. The monoisotopic (exact) mass is 318 g/mol. The quantitative estimate of drug-likeness (QED) is 0.684. The number of rotatable bonds is 4. The second-order valence-corrected chi connectivity index (χ2v) is 5.40. The molecule has 0 unspecified atom stereocenters. The fraction of sp³-hybridized carbons (Fsp3) is 0.133. The van der Waals surface area contributed by atoms with Crippen LogP contribution in [-0.4, -0.2) is 16.2 Å². The van der Waals surface area contributed by atoms with Crippen LogP contribution in [0.5, 0.6) is 0 Å². The van der Waals surface area contributed by atoms with Gasteiger partial charge in [-0.2, -0.15) is 0 Å². The van der Waals surface area contributed by atoms with Gasteiger partial charge in [0.15, 0.2) is 6.10 Å². The molecule has 112 valence electrons. The molecule has 5 nitrogen and oxygen atoms in total. The summed E-state index contributed by atoms with van der Waals surface area (Å²) in [6.45, 7) is 1.59. The fourth-order valence-electron chi connectivity index (χ4n) is 1.80. The molecule has 0 radical (unpaired) electrons. The van der Waals surface area contributed by atoms with Gasteiger partial charge < -0.3 is 9.15 Å². The lowest BCUT2D eigenvalue weighted by Crippen LogP contribution is -2.11. The number of carbonyl (C=O) groups excluding carboxylic acids is 1. The minimum atomic E-state index is -0.776. The van der Waals surface area contributed by atoms with Gasteiger partial charge >= 0.3 is 5.97 Å².